The van der Waals surface area contributed by atoms with Crippen LogP contribution in [-0.2, 0) is 28.6 Å². The molecular weight excluding hydrogens is 448 g/mol. The van der Waals surface area contributed by atoms with Crippen molar-refractivity contribution in [2.45, 2.75) is 36.5 Å². The van der Waals surface area contributed by atoms with E-state index in [2.05, 4.69) is 12.2 Å². The van der Waals surface area contributed by atoms with E-state index < -0.39 is 20.2 Å². The summed E-state index contributed by atoms with van der Waals surface area (Å²) in [5.74, 6) is 0.0205. The Morgan fingerprint density at radius 2 is 1.00 bits per heavy atom. The molecule has 0 aromatic heterocycles. The predicted molar refractivity (Wildman–Crippen MR) is 121 cm³/mol. The van der Waals surface area contributed by atoms with E-state index in [-0.39, 0.29) is 46.7 Å². The number of fused-ring (bicyclic) bond motifs is 2. The second-order valence-electron chi connectivity index (χ2n) is 8.72. The SMILES string of the molecule is Cc1ccc(S(=O)(=O)OC[C@H]2[C@H](COS(=O)(=O)c3ccc(C)cc3)[C@H]3C=C[C@@H]2CC3)cc1. The van der Waals surface area contributed by atoms with Crippen LogP contribution in [-0.4, -0.2) is 30.0 Å². The number of hydrogen-bond acceptors (Lipinski definition) is 6. The van der Waals surface area contributed by atoms with Gasteiger partial charge in [0.05, 0.1) is 23.0 Å². The topological polar surface area (TPSA) is 86.7 Å². The van der Waals surface area contributed by atoms with Gasteiger partial charge in [0.1, 0.15) is 0 Å². The van der Waals surface area contributed by atoms with Crippen molar-refractivity contribution in [3.63, 3.8) is 0 Å². The molecule has 32 heavy (non-hydrogen) atoms. The summed E-state index contributed by atoms with van der Waals surface area (Å²) in [4.78, 5) is 0.240. The van der Waals surface area contributed by atoms with Crippen molar-refractivity contribution >= 4 is 20.2 Å². The Morgan fingerprint density at radius 3 is 1.31 bits per heavy atom. The molecule has 0 spiro atoms. The molecule has 3 aliphatic rings. The summed E-state index contributed by atoms with van der Waals surface area (Å²) in [7, 11) is -7.78. The van der Waals surface area contributed by atoms with Gasteiger partial charge in [0.15, 0.2) is 0 Å². The average Bonchev–Trinajstić information content (AvgIpc) is 2.78. The molecule has 0 saturated heterocycles. The maximum absolute atomic E-state index is 12.7. The fraction of sp³-hybridized carbons (Fsp3) is 0.417. The second-order valence-corrected chi connectivity index (χ2v) is 12.0. The zero-order valence-electron chi connectivity index (χ0n) is 18.2. The van der Waals surface area contributed by atoms with Gasteiger partial charge in [-0.15, -0.1) is 0 Å². The van der Waals surface area contributed by atoms with Crippen LogP contribution in [0.4, 0.5) is 0 Å². The first-order valence-corrected chi connectivity index (χ1v) is 13.6. The molecule has 172 valence electrons. The highest BCUT2D eigenvalue weighted by Crippen LogP contribution is 2.45. The van der Waals surface area contributed by atoms with Gasteiger partial charge in [-0.05, 0) is 74.6 Å². The molecule has 0 heterocycles. The Labute approximate surface area is 190 Å². The van der Waals surface area contributed by atoms with E-state index in [1.54, 1.807) is 24.3 Å². The Hall–Kier alpha value is -2.00. The van der Waals surface area contributed by atoms with E-state index in [1.807, 2.05) is 13.8 Å². The van der Waals surface area contributed by atoms with Gasteiger partial charge < -0.3 is 0 Å². The van der Waals surface area contributed by atoms with Crippen LogP contribution in [0.15, 0.2) is 70.5 Å². The van der Waals surface area contributed by atoms with E-state index in [1.165, 1.54) is 24.3 Å². The fourth-order valence-electron chi connectivity index (χ4n) is 4.59. The number of aryl methyl sites for hydroxylation is 2. The highest BCUT2D eigenvalue weighted by Gasteiger charge is 2.42. The van der Waals surface area contributed by atoms with Crippen LogP contribution in [0.25, 0.3) is 0 Å². The Balaban J connectivity index is 1.47. The normalized spacial score (nSPS) is 25.2. The van der Waals surface area contributed by atoms with Gasteiger partial charge in [-0.25, -0.2) is 0 Å². The number of allylic oxidation sites excluding steroid dienone is 2. The van der Waals surface area contributed by atoms with Gasteiger partial charge in [-0.1, -0.05) is 47.5 Å². The monoisotopic (exact) mass is 476 g/mol. The zero-order valence-corrected chi connectivity index (χ0v) is 19.8. The summed E-state index contributed by atoms with van der Waals surface area (Å²) in [6.07, 6.45) is 6.07. The highest BCUT2D eigenvalue weighted by molar-refractivity contribution is 7.87. The van der Waals surface area contributed by atoms with Crippen LogP contribution in [0.1, 0.15) is 24.0 Å². The van der Waals surface area contributed by atoms with Gasteiger partial charge in [0.25, 0.3) is 20.2 Å². The third kappa shape index (κ3) is 4.98. The van der Waals surface area contributed by atoms with Crippen molar-refractivity contribution < 1.29 is 25.2 Å². The van der Waals surface area contributed by atoms with Gasteiger partial charge in [0, 0.05) is 0 Å². The standard InChI is InChI=1S/C24H28O6S2/c1-17-3-11-21(12-4-17)31(25,26)29-15-23-19-7-9-20(10-8-19)24(23)16-30-32(27,28)22-13-5-18(2)6-14-22/h3-7,9,11-14,19-20,23-24H,8,10,15-16H2,1-2H3/t19-,20+,23-,24-/m1/s1. The quantitative estimate of drug-likeness (QED) is 0.418. The molecule has 0 unspecified atom stereocenters. The van der Waals surface area contributed by atoms with Crippen molar-refractivity contribution in [2.75, 3.05) is 13.2 Å². The number of rotatable bonds is 8. The number of benzene rings is 2. The Bertz CT molecular complexity index is 1090. The molecule has 0 amide bonds. The van der Waals surface area contributed by atoms with Crippen LogP contribution in [0, 0.1) is 37.5 Å². The Morgan fingerprint density at radius 1 is 0.656 bits per heavy atom. The van der Waals surface area contributed by atoms with E-state index in [0.29, 0.717) is 0 Å². The molecule has 4 atom stereocenters. The lowest BCUT2D eigenvalue weighted by molar-refractivity contribution is 0.0440. The van der Waals surface area contributed by atoms with Crippen LogP contribution in [0.2, 0.25) is 0 Å². The summed E-state index contributed by atoms with van der Waals surface area (Å²) in [5.41, 5.74) is 1.93. The van der Waals surface area contributed by atoms with Gasteiger partial charge in [-0.3, -0.25) is 8.37 Å². The summed E-state index contributed by atoms with van der Waals surface area (Å²) in [6, 6.07) is 13.1. The average molecular weight is 477 g/mol. The second kappa shape index (κ2) is 9.09. The van der Waals surface area contributed by atoms with Gasteiger partial charge in [-0.2, -0.15) is 16.8 Å². The van der Waals surface area contributed by atoms with Crippen LogP contribution >= 0.6 is 0 Å². The third-order valence-corrected chi connectivity index (χ3v) is 9.13. The number of hydrogen-bond donors (Lipinski definition) is 0. The van der Waals surface area contributed by atoms with E-state index >= 15 is 0 Å². The molecule has 2 bridgehead atoms. The molecule has 1 fully saturated rings. The molecule has 0 radical (unpaired) electrons. The fourth-order valence-corrected chi connectivity index (χ4v) is 6.47. The van der Waals surface area contributed by atoms with Crippen LogP contribution in [0.5, 0.6) is 0 Å². The molecule has 1 saturated carbocycles. The minimum atomic E-state index is -3.89. The van der Waals surface area contributed by atoms with Crippen molar-refractivity contribution in [3.8, 4) is 0 Å². The van der Waals surface area contributed by atoms with E-state index in [4.69, 9.17) is 8.37 Å². The first kappa shape index (κ1) is 23.2. The predicted octanol–water partition coefficient (Wildman–Crippen LogP) is 4.24. The molecule has 6 nitrogen and oxygen atoms in total. The van der Waals surface area contributed by atoms with Crippen LogP contribution in [0.3, 0.4) is 0 Å². The molecule has 3 aliphatic carbocycles. The summed E-state index contributed by atoms with van der Waals surface area (Å²) < 4.78 is 61.5. The molecule has 2 aromatic carbocycles. The highest BCUT2D eigenvalue weighted by atomic mass is 32.2. The summed E-state index contributed by atoms with van der Waals surface area (Å²) >= 11 is 0. The minimum absolute atomic E-state index is 0.000320. The van der Waals surface area contributed by atoms with Crippen molar-refractivity contribution in [2.24, 2.45) is 23.7 Å². The summed E-state index contributed by atoms with van der Waals surface area (Å²) in [5, 5.41) is 0. The molecular formula is C24H28O6S2. The lowest BCUT2D eigenvalue weighted by Gasteiger charge is -2.44. The molecule has 0 aliphatic heterocycles. The third-order valence-electron chi connectivity index (χ3n) is 6.54. The largest absolute Gasteiger partial charge is 0.296 e. The van der Waals surface area contributed by atoms with Gasteiger partial charge >= 0.3 is 0 Å². The Kier molecular flexibility index (Phi) is 6.58. The zero-order chi connectivity index (χ0) is 22.9. The first-order valence-electron chi connectivity index (χ1n) is 10.8. The van der Waals surface area contributed by atoms with E-state index in [0.717, 1.165) is 24.0 Å². The van der Waals surface area contributed by atoms with Gasteiger partial charge in [0.2, 0.25) is 0 Å². The smallest absolute Gasteiger partial charge is 0.266 e. The molecule has 2 aromatic rings. The lowest BCUT2D eigenvalue weighted by atomic mass is 9.63. The molecule has 0 N–H and O–H groups in total. The van der Waals surface area contributed by atoms with Crippen LogP contribution < -0.4 is 0 Å². The van der Waals surface area contributed by atoms with Crippen molar-refractivity contribution in [1.82, 2.24) is 0 Å². The summed E-state index contributed by atoms with van der Waals surface area (Å²) in [6.45, 7) is 3.77. The lowest BCUT2D eigenvalue weighted by Crippen LogP contribution is -2.42. The first-order chi connectivity index (χ1) is 15.2. The molecule has 5 rings (SSSR count). The molecule has 8 heteroatoms. The maximum atomic E-state index is 12.7. The minimum Gasteiger partial charge on any atom is -0.266 e. The van der Waals surface area contributed by atoms with E-state index in [9.17, 15) is 16.8 Å². The van der Waals surface area contributed by atoms with Crippen molar-refractivity contribution in [3.05, 3.63) is 71.8 Å². The maximum Gasteiger partial charge on any atom is 0.296 e. The van der Waals surface area contributed by atoms with Crippen molar-refractivity contribution in [1.29, 1.82) is 0 Å².